The van der Waals surface area contributed by atoms with Crippen molar-refractivity contribution < 1.29 is 14.3 Å². The molecule has 3 nitrogen and oxygen atoms in total. The maximum absolute atomic E-state index is 13.1. The van der Waals surface area contributed by atoms with Crippen molar-refractivity contribution in [3.63, 3.8) is 0 Å². The van der Waals surface area contributed by atoms with E-state index in [1.165, 1.54) is 6.07 Å². The lowest BCUT2D eigenvalue weighted by atomic mass is 9.95. The first-order chi connectivity index (χ1) is 7.93. The van der Waals surface area contributed by atoms with E-state index in [-0.39, 0.29) is 11.7 Å². The number of hydrogen-bond acceptors (Lipinski definition) is 2. The Morgan fingerprint density at radius 2 is 2.18 bits per heavy atom. The van der Waals surface area contributed by atoms with E-state index >= 15 is 0 Å². The number of anilines is 1. The minimum Gasteiger partial charge on any atom is -0.480 e. The van der Waals surface area contributed by atoms with Crippen molar-refractivity contribution in [1.82, 2.24) is 0 Å². The van der Waals surface area contributed by atoms with Crippen molar-refractivity contribution in [2.75, 3.05) is 5.32 Å². The number of halogens is 1. The summed E-state index contributed by atoms with van der Waals surface area (Å²) in [5.41, 5.74) is 0.212. The van der Waals surface area contributed by atoms with Gasteiger partial charge in [-0.05, 0) is 56.4 Å². The molecule has 1 saturated carbocycles. The highest BCUT2D eigenvalue weighted by molar-refractivity contribution is 5.83. The number of rotatable bonds is 4. The quantitative estimate of drug-likeness (QED) is 0.846. The van der Waals surface area contributed by atoms with Crippen LogP contribution in [0.15, 0.2) is 18.2 Å². The maximum Gasteiger partial charge on any atom is 0.329 e. The van der Waals surface area contributed by atoms with Gasteiger partial charge in [0.15, 0.2) is 0 Å². The molecule has 0 heterocycles. The fourth-order valence-corrected chi connectivity index (χ4v) is 2.01. The Kier molecular flexibility index (Phi) is 2.81. The molecule has 1 unspecified atom stereocenters. The van der Waals surface area contributed by atoms with Crippen LogP contribution in [0, 0.1) is 18.7 Å². The predicted octanol–water partition coefficient (Wildman–Crippen LogP) is 2.80. The number of aryl methyl sites for hydroxylation is 1. The third-order valence-electron chi connectivity index (χ3n) is 3.40. The lowest BCUT2D eigenvalue weighted by molar-refractivity contribution is -0.142. The van der Waals surface area contributed by atoms with Gasteiger partial charge in [0.05, 0.1) is 0 Å². The van der Waals surface area contributed by atoms with Gasteiger partial charge in [0.2, 0.25) is 0 Å². The Bertz CT molecular complexity index is 457. The monoisotopic (exact) mass is 237 g/mol. The third-order valence-corrected chi connectivity index (χ3v) is 3.40. The van der Waals surface area contributed by atoms with E-state index in [2.05, 4.69) is 5.32 Å². The molecule has 0 aromatic heterocycles. The highest BCUT2D eigenvalue weighted by Gasteiger charge is 2.47. The zero-order chi connectivity index (χ0) is 12.6. The molecule has 1 aromatic carbocycles. The van der Waals surface area contributed by atoms with E-state index in [9.17, 15) is 14.3 Å². The molecular weight excluding hydrogens is 221 g/mol. The fraction of sp³-hybridized carbons (Fsp3) is 0.462. The van der Waals surface area contributed by atoms with Crippen LogP contribution in [-0.2, 0) is 4.79 Å². The predicted molar refractivity (Wildman–Crippen MR) is 63.5 cm³/mol. The molecule has 0 saturated heterocycles. The van der Waals surface area contributed by atoms with Gasteiger partial charge in [-0.2, -0.15) is 0 Å². The number of benzene rings is 1. The molecule has 1 fully saturated rings. The topological polar surface area (TPSA) is 49.3 Å². The molecule has 17 heavy (non-hydrogen) atoms. The number of carbonyl (C=O) groups is 1. The molecule has 0 bridgehead atoms. The number of aliphatic carboxylic acids is 1. The molecule has 0 aliphatic heterocycles. The van der Waals surface area contributed by atoms with Gasteiger partial charge in [0, 0.05) is 5.69 Å². The standard InChI is InChI=1S/C13H16FNO2/c1-8-7-10(5-6-11(8)14)15-13(2,12(16)17)9-3-4-9/h5-7,9,15H,3-4H2,1-2H3,(H,16,17). The summed E-state index contributed by atoms with van der Waals surface area (Å²) in [5.74, 6) is -0.980. The minimum atomic E-state index is -0.954. The van der Waals surface area contributed by atoms with Crippen molar-refractivity contribution in [3.05, 3.63) is 29.6 Å². The maximum atomic E-state index is 13.1. The molecule has 1 aliphatic carbocycles. The summed E-state index contributed by atoms with van der Waals surface area (Å²) in [7, 11) is 0. The highest BCUT2D eigenvalue weighted by atomic mass is 19.1. The largest absolute Gasteiger partial charge is 0.480 e. The van der Waals surface area contributed by atoms with Gasteiger partial charge in [-0.15, -0.1) is 0 Å². The van der Waals surface area contributed by atoms with Crippen molar-refractivity contribution in [2.45, 2.75) is 32.2 Å². The first-order valence-electron chi connectivity index (χ1n) is 5.71. The Morgan fingerprint density at radius 1 is 1.53 bits per heavy atom. The van der Waals surface area contributed by atoms with Crippen LogP contribution in [-0.4, -0.2) is 16.6 Å². The molecule has 2 rings (SSSR count). The Labute approximate surface area is 99.7 Å². The van der Waals surface area contributed by atoms with Gasteiger partial charge in [-0.25, -0.2) is 9.18 Å². The van der Waals surface area contributed by atoms with Gasteiger partial charge in [-0.3, -0.25) is 0 Å². The molecule has 0 amide bonds. The first-order valence-corrected chi connectivity index (χ1v) is 5.71. The minimum absolute atomic E-state index is 0.158. The zero-order valence-corrected chi connectivity index (χ0v) is 9.96. The molecular formula is C13H16FNO2. The van der Waals surface area contributed by atoms with E-state index in [0.717, 1.165) is 12.8 Å². The normalized spacial score (nSPS) is 18.5. The van der Waals surface area contributed by atoms with Crippen LogP contribution in [0.5, 0.6) is 0 Å². The second-order valence-corrected chi connectivity index (χ2v) is 4.87. The Balaban J connectivity index is 2.23. The van der Waals surface area contributed by atoms with E-state index in [1.54, 1.807) is 26.0 Å². The second kappa shape index (κ2) is 4.02. The van der Waals surface area contributed by atoms with Crippen molar-refractivity contribution in [2.24, 2.45) is 5.92 Å². The van der Waals surface area contributed by atoms with Crippen molar-refractivity contribution in [3.8, 4) is 0 Å². The second-order valence-electron chi connectivity index (χ2n) is 4.87. The summed E-state index contributed by atoms with van der Waals surface area (Å²) >= 11 is 0. The first kappa shape index (κ1) is 11.9. The van der Waals surface area contributed by atoms with Crippen LogP contribution in [0.2, 0.25) is 0 Å². The summed E-state index contributed by atoms with van der Waals surface area (Å²) in [4.78, 5) is 11.3. The molecule has 1 atom stereocenters. The summed E-state index contributed by atoms with van der Waals surface area (Å²) in [6.07, 6.45) is 1.85. The molecule has 4 heteroatoms. The third kappa shape index (κ3) is 2.25. The van der Waals surface area contributed by atoms with Crippen LogP contribution >= 0.6 is 0 Å². The highest BCUT2D eigenvalue weighted by Crippen LogP contribution is 2.41. The molecule has 2 N–H and O–H groups in total. The van der Waals surface area contributed by atoms with Crippen molar-refractivity contribution >= 4 is 11.7 Å². The van der Waals surface area contributed by atoms with Crippen LogP contribution in [0.1, 0.15) is 25.3 Å². The number of carboxylic acids is 1. The average molecular weight is 237 g/mol. The van der Waals surface area contributed by atoms with Crippen LogP contribution in [0.4, 0.5) is 10.1 Å². The summed E-state index contributed by atoms with van der Waals surface area (Å²) in [6, 6.07) is 4.57. The Morgan fingerprint density at radius 3 is 2.65 bits per heavy atom. The van der Waals surface area contributed by atoms with Crippen LogP contribution in [0.25, 0.3) is 0 Å². The zero-order valence-electron chi connectivity index (χ0n) is 9.96. The number of hydrogen-bond donors (Lipinski definition) is 2. The summed E-state index contributed by atoms with van der Waals surface area (Å²) in [6.45, 7) is 3.35. The van der Waals surface area contributed by atoms with Gasteiger partial charge in [-0.1, -0.05) is 0 Å². The van der Waals surface area contributed by atoms with Crippen LogP contribution < -0.4 is 5.32 Å². The number of carboxylic acid groups (broad SMARTS) is 1. The van der Waals surface area contributed by atoms with Crippen LogP contribution in [0.3, 0.4) is 0 Å². The summed E-state index contributed by atoms with van der Waals surface area (Å²) in [5, 5.41) is 12.3. The lowest BCUT2D eigenvalue weighted by Gasteiger charge is -2.27. The molecule has 0 radical (unpaired) electrons. The van der Waals surface area contributed by atoms with Crippen molar-refractivity contribution in [1.29, 1.82) is 0 Å². The van der Waals surface area contributed by atoms with E-state index in [1.807, 2.05) is 0 Å². The number of nitrogens with one attached hydrogen (secondary N) is 1. The molecule has 1 aliphatic rings. The Hall–Kier alpha value is -1.58. The van der Waals surface area contributed by atoms with Gasteiger partial charge >= 0.3 is 5.97 Å². The molecule has 0 spiro atoms. The molecule has 92 valence electrons. The van der Waals surface area contributed by atoms with E-state index in [4.69, 9.17) is 0 Å². The van der Waals surface area contributed by atoms with Gasteiger partial charge in [0.1, 0.15) is 11.4 Å². The summed E-state index contributed by atoms with van der Waals surface area (Å²) < 4.78 is 13.1. The SMILES string of the molecule is Cc1cc(NC(C)(C(=O)O)C2CC2)ccc1F. The van der Waals surface area contributed by atoms with Gasteiger partial charge in [0.25, 0.3) is 0 Å². The molecule has 1 aromatic rings. The smallest absolute Gasteiger partial charge is 0.329 e. The lowest BCUT2D eigenvalue weighted by Crippen LogP contribution is -2.45. The van der Waals surface area contributed by atoms with E-state index in [0.29, 0.717) is 11.3 Å². The fourth-order valence-electron chi connectivity index (χ4n) is 2.01. The average Bonchev–Trinajstić information content (AvgIpc) is 3.07. The van der Waals surface area contributed by atoms with Gasteiger partial charge < -0.3 is 10.4 Å². The van der Waals surface area contributed by atoms with E-state index < -0.39 is 11.5 Å².